The summed E-state index contributed by atoms with van der Waals surface area (Å²) in [5.74, 6) is 0.0552. The van der Waals surface area contributed by atoms with Crippen molar-refractivity contribution >= 4 is 17.7 Å². The van der Waals surface area contributed by atoms with Gasteiger partial charge in [0.25, 0.3) is 0 Å². The van der Waals surface area contributed by atoms with E-state index in [9.17, 15) is 4.79 Å². The van der Waals surface area contributed by atoms with E-state index in [-0.39, 0.29) is 5.91 Å². The fourth-order valence-corrected chi connectivity index (χ4v) is 2.90. The molecule has 0 radical (unpaired) electrons. The number of nitrogens with one attached hydrogen (secondary N) is 2. The molecule has 0 aromatic heterocycles. The molecule has 14 heavy (non-hydrogen) atoms. The van der Waals surface area contributed by atoms with E-state index in [2.05, 4.69) is 16.9 Å². The number of rotatable bonds is 5. The van der Waals surface area contributed by atoms with Crippen LogP contribution in [-0.4, -0.2) is 36.5 Å². The average Bonchev–Trinajstić information content (AvgIpc) is 2.59. The predicted octanol–water partition coefficient (Wildman–Crippen LogP) is 0.996. The molecule has 1 rings (SSSR count). The van der Waals surface area contributed by atoms with Crippen molar-refractivity contribution in [3.63, 3.8) is 0 Å². The molecule has 1 aliphatic carbocycles. The molecule has 1 fully saturated rings. The van der Waals surface area contributed by atoms with Gasteiger partial charge in [-0.05, 0) is 19.1 Å². The van der Waals surface area contributed by atoms with Crippen LogP contribution in [0.2, 0.25) is 0 Å². The lowest BCUT2D eigenvalue weighted by Crippen LogP contribution is -2.39. The third-order valence-corrected chi connectivity index (χ3v) is 3.83. The SMILES string of the molecule is CSC1CCCC1NCCNC(C)=O. The van der Waals surface area contributed by atoms with Gasteiger partial charge in [0.15, 0.2) is 0 Å². The van der Waals surface area contributed by atoms with Crippen LogP contribution in [0.15, 0.2) is 0 Å². The van der Waals surface area contributed by atoms with Gasteiger partial charge in [-0.25, -0.2) is 0 Å². The minimum atomic E-state index is 0.0552. The molecule has 2 atom stereocenters. The third-order valence-electron chi connectivity index (χ3n) is 2.66. The smallest absolute Gasteiger partial charge is 0.216 e. The van der Waals surface area contributed by atoms with Crippen molar-refractivity contribution in [1.29, 1.82) is 0 Å². The second-order valence-corrected chi connectivity index (χ2v) is 4.83. The lowest BCUT2D eigenvalue weighted by Gasteiger charge is -2.19. The van der Waals surface area contributed by atoms with Crippen LogP contribution in [0.1, 0.15) is 26.2 Å². The van der Waals surface area contributed by atoms with Crippen LogP contribution in [0.3, 0.4) is 0 Å². The zero-order chi connectivity index (χ0) is 10.4. The normalized spacial score (nSPS) is 26.4. The van der Waals surface area contributed by atoms with E-state index in [1.807, 2.05) is 11.8 Å². The first-order valence-corrected chi connectivity index (χ1v) is 6.53. The molecule has 1 amide bonds. The second kappa shape index (κ2) is 6.30. The molecule has 1 aliphatic rings. The molecule has 2 N–H and O–H groups in total. The van der Waals surface area contributed by atoms with Gasteiger partial charge in [0.1, 0.15) is 0 Å². The Hall–Kier alpha value is -0.220. The summed E-state index contributed by atoms with van der Waals surface area (Å²) < 4.78 is 0. The third kappa shape index (κ3) is 3.88. The van der Waals surface area contributed by atoms with Gasteiger partial charge in [0.2, 0.25) is 5.91 Å². The average molecular weight is 216 g/mol. The van der Waals surface area contributed by atoms with Crippen LogP contribution >= 0.6 is 11.8 Å². The van der Waals surface area contributed by atoms with Crippen molar-refractivity contribution in [2.75, 3.05) is 19.3 Å². The standard InChI is InChI=1S/C10H20N2OS/c1-8(13)11-6-7-12-9-4-3-5-10(9)14-2/h9-10,12H,3-7H2,1-2H3,(H,11,13). The van der Waals surface area contributed by atoms with E-state index < -0.39 is 0 Å². The van der Waals surface area contributed by atoms with Gasteiger partial charge in [-0.2, -0.15) is 11.8 Å². The number of carbonyl (C=O) groups excluding carboxylic acids is 1. The van der Waals surface area contributed by atoms with Crippen molar-refractivity contribution < 1.29 is 4.79 Å². The van der Waals surface area contributed by atoms with Crippen molar-refractivity contribution in [3.05, 3.63) is 0 Å². The first kappa shape index (κ1) is 11.9. The Morgan fingerprint density at radius 1 is 1.43 bits per heavy atom. The molecule has 0 bridgehead atoms. The van der Waals surface area contributed by atoms with Gasteiger partial charge in [-0.15, -0.1) is 0 Å². The van der Waals surface area contributed by atoms with Gasteiger partial charge in [0, 0.05) is 31.3 Å². The Morgan fingerprint density at radius 2 is 2.21 bits per heavy atom. The molecule has 0 aliphatic heterocycles. The number of hydrogen-bond donors (Lipinski definition) is 2. The lowest BCUT2D eigenvalue weighted by molar-refractivity contribution is -0.118. The fraction of sp³-hybridized carbons (Fsp3) is 0.900. The van der Waals surface area contributed by atoms with Crippen LogP contribution in [0.5, 0.6) is 0 Å². The van der Waals surface area contributed by atoms with Gasteiger partial charge in [0.05, 0.1) is 0 Å². The Labute approximate surface area is 90.4 Å². The summed E-state index contributed by atoms with van der Waals surface area (Å²) in [4.78, 5) is 10.6. The molecule has 0 heterocycles. The molecule has 0 spiro atoms. The van der Waals surface area contributed by atoms with E-state index in [1.54, 1.807) is 6.92 Å². The van der Waals surface area contributed by atoms with E-state index in [0.29, 0.717) is 6.04 Å². The Kier molecular flexibility index (Phi) is 5.33. The molecule has 0 saturated heterocycles. The maximum atomic E-state index is 10.6. The highest BCUT2D eigenvalue weighted by Gasteiger charge is 2.25. The molecule has 2 unspecified atom stereocenters. The van der Waals surface area contributed by atoms with Crippen molar-refractivity contribution in [2.24, 2.45) is 0 Å². The van der Waals surface area contributed by atoms with E-state index in [0.717, 1.165) is 18.3 Å². The Morgan fingerprint density at radius 3 is 2.86 bits per heavy atom. The van der Waals surface area contributed by atoms with Crippen LogP contribution in [0, 0.1) is 0 Å². The van der Waals surface area contributed by atoms with Gasteiger partial charge in [-0.3, -0.25) is 4.79 Å². The number of hydrogen-bond acceptors (Lipinski definition) is 3. The summed E-state index contributed by atoms with van der Waals surface area (Å²) in [7, 11) is 0. The van der Waals surface area contributed by atoms with Crippen molar-refractivity contribution in [1.82, 2.24) is 10.6 Å². The predicted molar refractivity (Wildman–Crippen MR) is 61.6 cm³/mol. The van der Waals surface area contributed by atoms with Crippen LogP contribution in [0.25, 0.3) is 0 Å². The van der Waals surface area contributed by atoms with Gasteiger partial charge < -0.3 is 10.6 Å². The highest BCUT2D eigenvalue weighted by Crippen LogP contribution is 2.27. The Balaban J connectivity index is 2.08. The van der Waals surface area contributed by atoms with E-state index >= 15 is 0 Å². The molecule has 3 nitrogen and oxygen atoms in total. The summed E-state index contributed by atoms with van der Waals surface area (Å²) in [5, 5.41) is 7.07. The molecular formula is C10H20N2OS. The van der Waals surface area contributed by atoms with Crippen LogP contribution in [-0.2, 0) is 4.79 Å². The largest absolute Gasteiger partial charge is 0.355 e. The van der Waals surface area contributed by atoms with Crippen LogP contribution in [0.4, 0.5) is 0 Å². The molecule has 0 aromatic carbocycles. The molecule has 0 aromatic rings. The molecular weight excluding hydrogens is 196 g/mol. The summed E-state index contributed by atoms with van der Waals surface area (Å²) >= 11 is 1.96. The Bertz CT molecular complexity index is 187. The number of carbonyl (C=O) groups is 1. The van der Waals surface area contributed by atoms with E-state index in [4.69, 9.17) is 0 Å². The highest BCUT2D eigenvalue weighted by atomic mass is 32.2. The lowest BCUT2D eigenvalue weighted by atomic mass is 10.2. The second-order valence-electron chi connectivity index (χ2n) is 3.75. The minimum absolute atomic E-state index is 0.0552. The van der Waals surface area contributed by atoms with Crippen LogP contribution < -0.4 is 10.6 Å². The summed E-state index contributed by atoms with van der Waals surface area (Å²) in [6.07, 6.45) is 6.13. The van der Waals surface area contributed by atoms with Gasteiger partial charge in [-0.1, -0.05) is 6.42 Å². The highest BCUT2D eigenvalue weighted by molar-refractivity contribution is 7.99. The first-order chi connectivity index (χ1) is 6.74. The zero-order valence-corrected chi connectivity index (χ0v) is 9.82. The maximum Gasteiger partial charge on any atom is 0.216 e. The first-order valence-electron chi connectivity index (χ1n) is 5.24. The maximum absolute atomic E-state index is 10.6. The fourth-order valence-electron chi connectivity index (χ4n) is 1.94. The monoisotopic (exact) mass is 216 g/mol. The molecule has 4 heteroatoms. The summed E-state index contributed by atoms with van der Waals surface area (Å²) in [5.41, 5.74) is 0. The molecule has 1 saturated carbocycles. The van der Waals surface area contributed by atoms with Gasteiger partial charge >= 0.3 is 0 Å². The number of thioether (sulfide) groups is 1. The zero-order valence-electron chi connectivity index (χ0n) is 9.01. The number of amides is 1. The van der Waals surface area contributed by atoms with Crippen molar-refractivity contribution in [3.8, 4) is 0 Å². The summed E-state index contributed by atoms with van der Waals surface area (Å²) in [6, 6.07) is 0.652. The minimum Gasteiger partial charge on any atom is -0.355 e. The van der Waals surface area contributed by atoms with Crippen molar-refractivity contribution in [2.45, 2.75) is 37.5 Å². The molecule has 82 valence electrons. The van der Waals surface area contributed by atoms with E-state index in [1.165, 1.54) is 19.3 Å². The topological polar surface area (TPSA) is 41.1 Å². The quantitative estimate of drug-likeness (QED) is 0.674. The summed E-state index contributed by atoms with van der Waals surface area (Å²) in [6.45, 7) is 3.19.